The summed E-state index contributed by atoms with van der Waals surface area (Å²) in [6.07, 6.45) is 1.94. The molecule has 7 nitrogen and oxygen atoms in total. The van der Waals surface area contributed by atoms with Gasteiger partial charge in [-0.15, -0.1) is 22.7 Å². The van der Waals surface area contributed by atoms with Crippen LogP contribution >= 0.6 is 22.7 Å². The number of carbonyl (C=O) groups is 2. The molecular weight excluding hydrogens is 430 g/mol. The lowest BCUT2D eigenvalue weighted by Gasteiger charge is -2.16. The lowest BCUT2D eigenvalue weighted by molar-refractivity contribution is -0.126. The van der Waals surface area contributed by atoms with Gasteiger partial charge in [0.05, 0.1) is 39.1 Å². The van der Waals surface area contributed by atoms with Gasteiger partial charge < -0.3 is 10.2 Å². The van der Waals surface area contributed by atoms with E-state index in [0.717, 1.165) is 37.3 Å². The van der Waals surface area contributed by atoms with E-state index in [4.69, 9.17) is 0 Å². The van der Waals surface area contributed by atoms with Crippen LogP contribution < -0.4 is 10.2 Å². The normalized spacial score (nSPS) is 16.2. The molecule has 0 spiro atoms. The summed E-state index contributed by atoms with van der Waals surface area (Å²) in [6.45, 7) is 2.67. The first-order chi connectivity index (χ1) is 15.1. The maximum atomic E-state index is 12.7. The Morgan fingerprint density at radius 3 is 3.00 bits per heavy atom. The molecular formula is C22H19N5O2S2. The van der Waals surface area contributed by atoms with Crippen molar-refractivity contribution in [3.8, 4) is 10.7 Å². The summed E-state index contributed by atoms with van der Waals surface area (Å²) in [5.74, 6) is -0.555. The number of anilines is 1. The largest absolute Gasteiger partial charge is 0.350 e. The van der Waals surface area contributed by atoms with Crippen molar-refractivity contribution in [1.29, 1.82) is 0 Å². The highest BCUT2D eigenvalue weighted by Gasteiger charge is 2.35. The molecule has 4 heterocycles. The van der Waals surface area contributed by atoms with Crippen LogP contribution in [0.1, 0.15) is 17.1 Å². The van der Waals surface area contributed by atoms with Crippen molar-refractivity contribution >= 4 is 50.4 Å². The molecule has 5 rings (SSSR count). The zero-order valence-electron chi connectivity index (χ0n) is 16.7. The molecule has 9 heteroatoms. The van der Waals surface area contributed by atoms with Gasteiger partial charge in [-0.1, -0.05) is 6.07 Å². The molecule has 1 N–H and O–H groups in total. The fourth-order valence-corrected chi connectivity index (χ4v) is 5.25. The molecule has 1 aliphatic heterocycles. The molecule has 1 aromatic carbocycles. The molecule has 1 fully saturated rings. The predicted octanol–water partition coefficient (Wildman–Crippen LogP) is 3.79. The van der Waals surface area contributed by atoms with Crippen molar-refractivity contribution in [2.75, 3.05) is 11.4 Å². The van der Waals surface area contributed by atoms with Gasteiger partial charge in [0.25, 0.3) is 0 Å². The van der Waals surface area contributed by atoms with E-state index < -0.39 is 0 Å². The van der Waals surface area contributed by atoms with Gasteiger partial charge in [-0.2, -0.15) is 0 Å². The molecule has 1 saturated heterocycles. The number of rotatable bonds is 5. The number of aryl methyl sites for hydroxylation is 1. The minimum Gasteiger partial charge on any atom is -0.350 e. The van der Waals surface area contributed by atoms with Crippen LogP contribution in [0.4, 0.5) is 5.69 Å². The van der Waals surface area contributed by atoms with E-state index in [-0.39, 0.29) is 24.2 Å². The summed E-state index contributed by atoms with van der Waals surface area (Å²) >= 11 is 3.12. The van der Waals surface area contributed by atoms with Crippen LogP contribution in [0.5, 0.6) is 0 Å². The first kappa shape index (κ1) is 19.8. The summed E-state index contributed by atoms with van der Waals surface area (Å²) < 4.78 is 1.09. The van der Waals surface area contributed by atoms with Crippen molar-refractivity contribution < 1.29 is 9.59 Å². The number of benzene rings is 1. The second-order valence-electron chi connectivity index (χ2n) is 7.37. The highest BCUT2D eigenvalue weighted by Crippen LogP contribution is 2.30. The van der Waals surface area contributed by atoms with Crippen LogP contribution in [0.2, 0.25) is 0 Å². The molecule has 1 atom stereocenters. The number of hydrogen-bond donors (Lipinski definition) is 1. The number of carbonyl (C=O) groups excluding carboxylic acids is 2. The minimum absolute atomic E-state index is 0.0439. The zero-order valence-corrected chi connectivity index (χ0v) is 18.4. The average Bonchev–Trinajstić information content (AvgIpc) is 3.49. The Hall–Kier alpha value is -3.17. The topological polar surface area (TPSA) is 88.1 Å². The molecule has 0 radical (unpaired) electrons. The maximum absolute atomic E-state index is 12.7. The molecule has 2 amide bonds. The fourth-order valence-electron chi connectivity index (χ4n) is 3.65. The number of amides is 2. The number of pyridine rings is 1. The predicted molar refractivity (Wildman–Crippen MR) is 122 cm³/mol. The van der Waals surface area contributed by atoms with E-state index >= 15 is 0 Å². The van der Waals surface area contributed by atoms with E-state index in [9.17, 15) is 9.59 Å². The highest BCUT2D eigenvalue weighted by atomic mass is 32.1. The molecule has 31 heavy (non-hydrogen) atoms. The van der Waals surface area contributed by atoms with Gasteiger partial charge in [-0.25, -0.2) is 9.97 Å². The van der Waals surface area contributed by atoms with E-state index in [2.05, 4.69) is 20.3 Å². The van der Waals surface area contributed by atoms with Crippen molar-refractivity contribution in [3.63, 3.8) is 0 Å². The van der Waals surface area contributed by atoms with Gasteiger partial charge in [-0.05, 0) is 37.3 Å². The summed E-state index contributed by atoms with van der Waals surface area (Å²) in [5, 5.41) is 6.65. The lowest BCUT2D eigenvalue weighted by Crippen LogP contribution is -2.32. The van der Waals surface area contributed by atoms with E-state index in [1.54, 1.807) is 22.4 Å². The van der Waals surface area contributed by atoms with Gasteiger partial charge >= 0.3 is 0 Å². The lowest BCUT2D eigenvalue weighted by atomic mass is 10.1. The van der Waals surface area contributed by atoms with Crippen molar-refractivity contribution in [2.24, 2.45) is 5.92 Å². The SMILES string of the molecule is Cc1nc2cc(N3CC(C(=O)NCc4csc(-c5ccccn5)n4)CC3=O)ccc2s1. The van der Waals surface area contributed by atoms with Gasteiger partial charge in [0.2, 0.25) is 11.8 Å². The average molecular weight is 450 g/mol. The third-order valence-electron chi connectivity index (χ3n) is 5.17. The first-order valence-corrected chi connectivity index (χ1v) is 11.6. The van der Waals surface area contributed by atoms with Gasteiger partial charge in [0.1, 0.15) is 5.01 Å². The number of nitrogens with zero attached hydrogens (tertiary/aromatic N) is 4. The summed E-state index contributed by atoms with van der Waals surface area (Å²) in [5.41, 5.74) is 3.27. The Labute approximate surface area is 186 Å². The number of fused-ring (bicyclic) bond motifs is 1. The van der Waals surface area contributed by atoms with Crippen LogP contribution in [0.3, 0.4) is 0 Å². The molecule has 0 bridgehead atoms. The number of hydrogen-bond acceptors (Lipinski definition) is 7. The van der Waals surface area contributed by atoms with Crippen molar-refractivity contribution in [2.45, 2.75) is 19.9 Å². The van der Waals surface area contributed by atoms with E-state index in [1.807, 2.05) is 48.7 Å². The fraction of sp³-hybridized carbons (Fsp3) is 0.227. The van der Waals surface area contributed by atoms with Crippen molar-refractivity contribution in [1.82, 2.24) is 20.3 Å². The van der Waals surface area contributed by atoms with Crippen LogP contribution in [-0.2, 0) is 16.1 Å². The Morgan fingerprint density at radius 1 is 1.26 bits per heavy atom. The third-order valence-corrected chi connectivity index (χ3v) is 7.03. The van der Waals surface area contributed by atoms with E-state index in [0.29, 0.717) is 13.1 Å². The summed E-state index contributed by atoms with van der Waals surface area (Å²) in [4.78, 5) is 40.3. The second kappa shape index (κ2) is 8.16. The number of aromatic nitrogens is 3. The maximum Gasteiger partial charge on any atom is 0.227 e. The number of thiazole rings is 2. The molecule has 1 unspecified atom stereocenters. The molecule has 0 saturated carbocycles. The molecule has 1 aliphatic rings. The van der Waals surface area contributed by atoms with Gasteiger partial charge in [0, 0.05) is 30.2 Å². The quantitative estimate of drug-likeness (QED) is 0.501. The molecule has 0 aliphatic carbocycles. The zero-order chi connectivity index (χ0) is 21.4. The standard InChI is InChI=1S/C22H19N5O2S2/c1-13-25-18-9-16(5-6-19(18)31-13)27-11-14(8-20(27)28)21(29)24-10-15-12-30-22(26-15)17-4-2-3-7-23-17/h2-7,9,12,14H,8,10-11H2,1H3,(H,24,29). The number of nitrogens with one attached hydrogen (secondary N) is 1. The van der Waals surface area contributed by atoms with Crippen LogP contribution in [0.25, 0.3) is 20.9 Å². The summed E-state index contributed by atoms with van der Waals surface area (Å²) in [7, 11) is 0. The Bertz CT molecular complexity index is 1270. The molecule has 156 valence electrons. The van der Waals surface area contributed by atoms with Gasteiger partial charge in [0.15, 0.2) is 0 Å². The molecule has 4 aromatic rings. The highest BCUT2D eigenvalue weighted by molar-refractivity contribution is 7.18. The monoisotopic (exact) mass is 449 g/mol. The van der Waals surface area contributed by atoms with Gasteiger partial charge in [-0.3, -0.25) is 14.6 Å². The Morgan fingerprint density at radius 2 is 2.16 bits per heavy atom. The molecule has 3 aromatic heterocycles. The smallest absolute Gasteiger partial charge is 0.227 e. The van der Waals surface area contributed by atoms with Crippen molar-refractivity contribution in [3.05, 3.63) is 58.7 Å². The van der Waals surface area contributed by atoms with E-state index in [1.165, 1.54) is 11.3 Å². The second-order valence-corrected chi connectivity index (χ2v) is 9.46. The van der Waals surface area contributed by atoms with Crippen LogP contribution in [-0.4, -0.2) is 33.3 Å². The first-order valence-electron chi connectivity index (χ1n) is 9.88. The van der Waals surface area contributed by atoms with Crippen LogP contribution in [0.15, 0.2) is 48.0 Å². The summed E-state index contributed by atoms with van der Waals surface area (Å²) in [6, 6.07) is 11.5. The van der Waals surface area contributed by atoms with Crippen LogP contribution in [0, 0.1) is 12.8 Å². The Balaban J connectivity index is 1.22. The Kier molecular flexibility index (Phi) is 5.21. The third kappa shape index (κ3) is 4.06. The minimum atomic E-state index is -0.380.